The van der Waals surface area contributed by atoms with Crippen molar-refractivity contribution in [2.45, 2.75) is 19.9 Å². The highest BCUT2D eigenvalue weighted by molar-refractivity contribution is 5.97. The molecular weight excluding hydrogens is 240 g/mol. The van der Waals surface area contributed by atoms with E-state index in [0.29, 0.717) is 18.7 Å². The van der Waals surface area contributed by atoms with Crippen LogP contribution in [0.15, 0.2) is 36.7 Å². The number of benzene rings is 1. The maximum absolute atomic E-state index is 12.1. The van der Waals surface area contributed by atoms with Gasteiger partial charge in [-0.15, -0.1) is 0 Å². The topological polar surface area (TPSA) is 72.9 Å². The van der Waals surface area contributed by atoms with Gasteiger partial charge in [0.15, 0.2) is 0 Å². The van der Waals surface area contributed by atoms with E-state index < -0.39 is 0 Å². The molecule has 0 atom stereocenters. The number of hydrogen-bond acceptors (Lipinski definition) is 3. The van der Waals surface area contributed by atoms with E-state index >= 15 is 0 Å². The second-order valence-electron chi connectivity index (χ2n) is 4.27. The fourth-order valence-electron chi connectivity index (χ4n) is 1.80. The lowest BCUT2D eigenvalue weighted by Crippen LogP contribution is -2.25. The molecule has 1 heterocycles. The van der Waals surface area contributed by atoms with Gasteiger partial charge in [-0.2, -0.15) is 5.10 Å². The van der Waals surface area contributed by atoms with E-state index in [0.717, 1.165) is 17.7 Å². The third kappa shape index (κ3) is 3.00. The number of nitrogens with two attached hydrogens (primary N) is 1. The van der Waals surface area contributed by atoms with Gasteiger partial charge in [0.2, 0.25) is 0 Å². The Morgan fingerprint density at radius 1 is 1.42 bits per heavy atom. The molecular formula is C14H18N4O. The number of carbonyl (C=O) groups is 1. The standard InChI is InChI=1S/C14H18N4O/c1-2-7-16-14(19)12-5-3-4-6-13(12)18-10-11(8-15)9-17-18/h3-6,9-10H,2,7-8,15H2,1H3,(H,16,19). The molecule has 3 N–H and O–H groups in total. The van der Waals surface area contributed by atoms with Crippen LogP contribution in [0.3, 0.4) is 0 Å². The average molecular weight is 258 g/mol. The summed E-state index contributed by atoms with van der Waals surface area (Å²) in [5.74, 6) is -0.0813. The molecule has 19 heavy (non-hydrogen) atoms. The summed E-state index contributed by atoms with van der Waals surface area (Å²) in [6, 6.07) is 7.39. The van der Waals surface area contributed by atoms with E-state index in [1.54, 1.807) is 16.9 Å². The van der Waals surface area contributed by atoms with E-state index in [1.165, 1.54) is 0 Å². The molecule has 0 saturated carbocycles. The average Bonchev–Trinajstić information content (AvgIpc) is 2.93. The van der Waals surface area contributed by atoms with E-state index in [-0.39, 0.29) is 5.91 Å². The molecule has 0 spiro atoms. The van der Waals surface area contributed by atoms with Gasteiger partial charge in [0, 0.05) is 24.8 Å². The number of carbonyl (C=O) groups excluding carboxylic acids is 1. The third-order valence-electron chi connectivity index (χ3n) is 2.80. The van der Waals surface area contributed by atoms with Crippen molar-refractivity contribution in [1.82, 2.24) is 15.1 Å². The predicted molar refractivity (Wildman–Crippen MR) is 74.1 cm³/mol. The zero-order valence-corrected chi connectivity index (χ0v) is 11.0. The van der Waals surface area contributed by atoms with Gasteiger partial charge in [0.1, 0.15) is 0 Å². The van der Waals surface area contributed by atoms with Crippen LogP contribution in [0.1, 0.15) is 29.3 Å². The van der Waals surface area contributed by atoms with Gasteiger partial charge >= 0.3 is 0 Å². The van der Waals surface area contributed by atoms with Gasteiger partial charge in [0.05, 0.1) is 17.4 Å². The molecule has 0 unspecified atom stereocenters. The molecule has 0 aliphatic carbocycles. The minimum atomic E-state index is -0.0813. The Kier molecular flexibility index (Phi) is 4.30. The van der Waals surface area contributed by atoms with Crippen molar-refractivity contribution in [1.29, 1.82) is 0 Å². The van der Waals surface area contributed by atoms with E-state index in [9.17, 15) is 4.79 Å². The molecule has 0 aliphatic heterocycles. The second-order valence-corrected chi connectivity index (χ2v) is 4.27. The Morgan fingerprint density at radius 2 is 2.21 bits per heavy atom. The van der Waals surface area contributed by atoms with Crippen molar-refractivity contribution in [2.75, 3.05) is 6.54 Å². The van der Waals surface area contributed by atoms with E-state index in [1.807, 2.05) is 31.3 Å². The molecule has 0 aliphatic rings. The van der Waals surface area contributed by atoms with Crippen LogP contribution in [0.4, 0.5) is 0 Å². The highest BCUT2D eigenvalue weighted by Crippen LogP contribution is 2.14. The van der Waals surface area contributed by atoms with Crippen molar-refractivity contribution >= 4 is 5.91 Å². The van der Waals surface area contributed by atoms with Crippen LogP contribution in [0.5, 0.6) is 0 Å². The minimum Gasteiger partial charge on any atom is -0.352 e. The van der Waals surface area contributed by atoms with Crippen LogP contribution in [0.25, 0.3) is 5.69 Å². The largest absolute Gasteiger partial charge is 0.352 e. The fraction of sp³-hybridized carbons (Fsp3) is 0.286. The Hall–Kier alpha value is -2.14. The van der Waals surface area contributed by atoms with Crippen LogP contribution in [-0.2, 0) is 6.54 Å². The quantitative estimate of drug-likeness (QED) is 0.853. The van der Waals surface area contributed by atoms with Gasteiger partial charge < -0.3 is 11.1 Å². The Balaban J connectivity index is 2.32. The number of amides is 1. The van der Waals surface area contributed by atoms with Gasteiger partial charge in [-0.3, -0.25) is 4.79 Å². The number of hydrogen-bond donors (Lipinski definition) is 2. The van der Waals surface area contributed by atoms with Crippen LogP contribution in [0, 0.1) is 0 Å². The maximum atomic E-state index is 12.1. The second kappa shape index (κ2) is 6.15. The summed E-state index contributed by atoms with van der Waals surface area (Å²) >= 11 is 0. The van der Waals surface area contributed by atoms with Crippen LogP contribution in [-0.4, -0.2) is 22.2 Å². The maximum Gasteiger partial charge on any atom is 0.253 e. The summed E-state index contributed by atoms with van der Waals surface area (Å²) in [5, 5.41) is 7.11. The number of rotatable bonds is 5. The summed E-state index contributed by atoms with van der Waals surface area (Å²) < 4.78 is 1.68. The zero-order valence-electron chi connectivity index (χ0n) is 11.0. The minimum absolute atomic E-state index is 0.0813. The lowest BCUT2D eigenvalue weighted by Gasteiger charge is -2.09. The van der Waals surface area contributed by atoms with E-state index in [2.05, 4.69) is 10.4 Å². The number of nitrogens with zero attached hydrogens (tertiary/aromatic N) is 2. The van der Waals surface area contributed by atoms with Crippen LogP contribution in [0.2, 0.25) is 0 Å². The Morgan fingerprint density at radius 3 is 2.89 bits per heavy atom. The molecule has 2 rings (SSSR count). The summed E-state index contributed by atoms with van der Waals surface area (Å²) in [5.41, 5.74) is 7.88. The highest BCUT2D eigenvalue weighted by Gasteiger charge is 2.12. The van der Waals surface area contributed by atoms with Crippen molar-refractivity contribution < 1.29 is 4.79 Å². The molecule has 1 aromatic heterocycles. The van der Waals surface area contributed by atoms with Crippen molar-refractivity contribution in [3.8, 4) is 5.69 Å². The number of nitrogens with one attached hydrogen (secondary N) is 1. The van der Waals surface area contributed by atoms with Gasteiger partial charge in [-0.05, 0) is 18.6 Å². The molecule has 5 nitrogen and oxygen atoms in total. The molecule has 1 amide bonds. The van der Waals surface area contributed by atoms with Crippen molar-refractivity contribution in [3.05, 3.63) is 47.8 Å². The normalized spacial score (nSPS) is 10.4. The Bertz CT molecular complexity index is 562. The van der Waals surface area contributed by atoms with Crippen molar-refractivity contribution in [3.63, 3.8) is 0 Å². The first-order valence-electron chi connectivity index (χ1n) is 6.37. The van der Waals surface area contributed by atoms with Gasteiger partial charge in [-0.1, -0.05) is 19.1 Å². The molecule has 5 heteroatoms. The summed E-state index contributed by atoms with van der Waals surface area (Å²) in [4.78, 5) is 12.1. The molecule has 0 fully saturated rings. The number of aromatic nitrogens is 2. The molecule has 0 bridgehead atoms. The van der Waals surface area contributed by atoms with E-state index in [4.69, 9.17) is 5.73 Å². The predicted octanol–water partition coefficient (Wildman–Crippen LogP) is 1.47. The Labute approximate surface area is 112 Å². The molecule has 1 aromatic carbocycles. The first-order valence-corrected chi connectivity index (χ1v) is 6.37. The summed E-state index contributed by atoms with van der Waals surface area (Å²) in [7, 11) is 0. The molecule has 2 aromatic rings. The molecule has 100 valence electrons. The monoisotopic (exact) mass is 258 g/mol. The lowest BCUT2D eigenvalue weighted by atomic mass is 10.1. The molecule has 0 saturated heterocycles. The number of para-hydroxylation sites is 1. The lowest BCUT2D eigenvalue weighted by molar-refractivity contribution is 0.0953. The van der Waals surface area contributed by atoms with Gasteiger partial charge in [-0.25, -0.2) is 4.68 Å². The van der Waals surface area contributed by atoms with Crippen molar-refractivity contribution in [2.24, 2.45) is 5.73 Å². The zero-order chi connectivity index (χ0) is 13.7. The SMILES string of the molecule is CCCNC(=O)c1ccccc1-n1cc(CN)cn1. The summed E-state index contributed by atoms with van der Waals surface area (Å²) in [6.07, 6.45) is 4.46. The third-order valence-corrected chi connectivity index (χ3v) is 2.80. The van der Waals surface area contributed by atoms with Crippen LogP contribution < -0.4 is 11.1 Å². The fourth-order valence-corrected chi connectivity index (χ4v) is 1.80. The first kappa shape index (κ1) is 13.3. The first-order chi connectivity index (χ1) is 9.26. The van der Waals surface area contributed by atoms with Crippen LogP contribution >= 0.6 is 0 Å². The van der Waals surface area contributed by atoms with Gasteiger partial charge in [0.25, 0.3) is 5.91 Å². The highest BCUT2D eigenvalue weighted by atomic mass is 16.1. The smallest absolute Gasteiger partial charge is 0.253 e. The summed E-state index contributed by atoms with van der Waals surface area (Å²) in [6.45, 7) is 3.12. The molecule has 0 radical (unpaired) electrons.